The summed E-state index contributed by atoms with van der Waals surface area (Å²) in [7, 11) is 0. The van der Waals surface area contributed by atoms with Gasteiger partial charge in [-0.3, -0.25) is 0 Å². The Morgan fingerprint density at radius 1 is 1.26 bits per heavy atom. The average Bonchev–Trinajstić information content (AvgIpc) is 3.35. The SMILES string of the molecule is O=C(N[C@H]1COC[C@H]1n1ccnn1)N1CCCC(c2ccc(F)c(F)c2)C1. The number of nitrogens with zero attached hydrogens (tertiary/aromatic N) is 4. The van der Waals surface area contributed by atoms with Gasteiger partial charge in [0.15, 0.2) is 11.6 Å². The van der Waals surface area contributed by atoms with E-state index in [1.165, 1.54) is 6.07 Å². The van der Waals surface area contributed by atoms with Gasteiger partial charge in [-0.1, -0.05) is 11.3 Å². The molecule has 3 heterocycles. The number of urea groups is 1. The van der Waals surface area contributed by atoms with Crippen molar-refractivity contribution in [3.8, 4) is 0 Å². The minimum Gasteiger partial charge on any atom is -0.377 e. The first kappa shape index (κ1) is 17.8. The van der Waals surface area contributed by atoms with Gasteiger partial charge in [-0.2, -0.15) is 0 Å². The van der Waals surface area contributed by atoms with Gasteiger partial charge in [-0.05, 0) is 30.5 Å². The zero-order valence-corrected chi connectivity index (χ0v) is 14.7. The lowest BCUT2D eigenvalue weighted by Crippen LogP contribution is -2.50. The molecule has 7 nitrogen and oxygen atoms in total. The smallest absolute Gasteiger partial charge is 0.317 e. The quantitative estimate of drug-likeness (QED) is 0.889. The summed E-state index contributed by atoms with van der Waals surface area (Å²) in [5.74, 6) is -1.72. The van der Waals surface area contributed by atoms with Crippen molar-refractivity contribution in [2.75, 3.05) is 26.3 Å². The van der Waals surface area contributed by atoms with E-state index in [-0.39, 0.29) is 24.0 Å². The molecule has 2 fully saturated rings. The number of piperidine rings is 1. The van der Waals surface area contributed by atoms with E-state index in [2.05, 4.69) is 15.6 Å². The Morgan fingerprint density at radius 3 is 2.93 bits per heavy atom. The van der Waals surface area contributed by atoms with Crippen LogP contribution < -0.4 is 5.32 Å². The normalized spacial score (nSPS) is 25.6. The lowest BCUT2D eigenvalue weighted by atomic mass is 9.90. The van der Waals surface area contributed by atoms with Crippen molar-refractivity contribution < 1.29 is 18.3 Å². The molecule has 1 N–H and O–H groups in total. The predicted octanol–water partition coefficient (Wildman–Crippen LogP) is 2.09. The van der Waals surface area contributed by atoms with Crippen LogP contribution in [0.4, 0.5) is 13.6 Å². The number of hydrogen-bond acceptors (Lipinski definition) is 4. The molecule has 1 unspecified atom stereocenters. The molecule has 0 spiro atoms. The number of carbonyl (C=O) groups excluding carboxylic acids is 1. The van der Waals surface area contributed by atoms with E-state index in [4.69, 9.17) is 4.74 Å². The fourth-order valence-corrected chi connectivity index (χ4v) is 3.79. The molecule has 9 heteroatoms. The molecule has 1 aromatic heterocycles. The number of rotatable bonds is 3. The monoisotopic (exact) mass is 377 g/mol. The van der Waals surface area contributed by atoms with E-state index in [9.17, 15) is 13.6 Å². The molecular weight excluding hydrogens is 356 g/mol. The molecule has 27 heavy (non-hydrogen) atoms. The number of nitrogens with one attached hydrogen (secondary N) is 1. The van der Waals surface area contributed by atoms with Crippen LogP contribution in [0.25, 0.3) is 0 Å². The number of aromatic nitrogens is 3. The summed E-state index contributed by atoms with van der Waals surface area (Å²) in [4.78, 5) is 14.5. The van der Waals surface area contributed by atoms with Crippen LogP contribution in [-0.4, -0.2) is 58.3 Å². The maximum Gasteiger partial charge on any atom is 0.317 e. The van der Waals surface area contributed by atoms with E-state index in [0.717, 1.165) is 24.5 Å². The van der Waals surface area contributed by atoms with Crippen LogP contribution in [0.5, 0.6) is 0 Å². The van der Waals surface area contributed by atoms with Crippen LogP contribution >= 0.6 is 0 Å². The second kappa shape index (κ2) is 7.59. The zero-order valence-electron chi connectivity index (χ0n) is 14.7. The Balaban J connectivity index is 1.40. The van der Waals surface area contributed by atoms with Gasteiger partial charge in [0.25, 0.3) is 0 Å². The zero-order chi connectivity index (χ0) is 18.8. The van der Waals surface area contributed by atoms with Crippen LogP contribution in [0.15, 0.2) is 30.6 Å². The third kappa shape index (κ3) is 3.78. The molecule has 0 radical (unpaired) electrons. The van der Waals surface area contributed by atoms with E-state index in [1.807, 2.05) is 0 Å². The molecular formula is C18H21F2N5O2. The number of carbonyl (C=O) groups is 1. The standard InChI is InChI=1S/C18H21F2N5O2/c19-14-4-3-12(8-15(14)20)13-2-1-6-24(9-13)18(26)22-16-10-27-11-17(16)25-7-5-21-23-25/h3-5,7-8,13,16-17H,1-2,6,9-11H2,(H,22,26)/t13?,16-,17+/m0/s1. The van der Waals surface area contributed by atoms with Crippen molar-refractivity contribution in [1.82, 2.24) is 25.2 Å². The fourth-order valence-electron chi connectivity index (χ4n) is 3.79. The van der Waals surface area contributed by atoms with Crippen LogP contribution in [0.3, 0.4) is 0 Å². The topological polar surface area (TPSA) is 72.3 Å². The molecule has 2 amide bonds. The van der Waals surface area contributed by atoms with Crippen molar-refractivity contribution >= 4 is 6.03 Å². The molecule has 0 saturated carbocycles. The summed E-state index contributed by atoms with van der Waals surface area (Å²) in [5, 5.41) is 10.8. The number of halogens is 2. The highest BCUT2D eigenvalue weighted by Gasteiger charge is 2.34. The Hall–Kier alpha value is -2.55. The Bertz CT molecular complexity index is 801. The summed E-state index contributed by atoms with van der Waals surface area (Å²) >= 11 is 0. The van der Waals surface area contributed by atoms with E-state index in [1.54, 1.807) is 28.0 Å². The van der Waals surface area contributed by atoms with Crippen LogP contribution in [0.2, 0.25) is 0 Å². The van der Waals surface area contributed by atoms with Gasteiger partial charge in [0.1, 0.15) is 0 Å². The molecule has 0 bridgehead atoms. The summed E-state index contributed by atoms with van der Waals surface area (Å²) in [5.41, 5.74) is 0.719. The number of hydrogen-bond donors (Lipinski definition) is 1. The number of amides is 2. The third-order valence-electron chi connectivity index (χ3n) is 5.26. The lowest BCUT2D eigenvalue weighted by molar-refractivity contribution is 0.167. The first-order valence-electron chi connectivity index (χ1n) is 9.06. The number of benzene rings is 1. The van der Waals surface area contributed by atoms with Crippen molar-refractivity contribution in [1.29, 1.82) is 0 Å². The van der Waals surface area contributed by atoms with Crippen LogP contribution in [0.1, 0.15) is 30.4 Å². The van der Waals surface area contributed by atoms with Gasteiger partial charge in [-0.15, -0.1) is 5.10 Å². The van der Waals surface area contributed by atoms with Gasteiger partial charge in [0.2, 0.25) is 0 Å². The second-order valence-corrected chi connectivity index (χ2v) is 7.00. The van der Waals surface area contributed by atoms with Gasteiger partial charge in [-0.25, -0.2) is 18.3 Å². The largest absolute Gasteiger partial charge is 0.377 e. The maximum absolute atomic E-state index is 13.5. The predicted molar refractivity (Wildman–Crippen MR) is 92.1 cm³/mol. The second-order valence-electron chi connectivity index (χ2n) is 7.00. The van der Waals surface area contributed by atoms with Crippen molar-refractivity contribution in [3.05, 3.63) is 47.8 Å². The van der Waals surface area contributed by atoms with Crippen molar-refractivity contribution in [2.45, 2.75) is 30.8 Å². The molecule has 144 valence electrons. The molecule has 2 saturated heterocycles. The van der Waals surface area contributed by atoms with Crippen molar-refractivity contribution in [3.63, 3.8) is 0 Å². The molecule has 3 atom stereocenters. The Kier molecular flexibility index (Phi) is 5.02. The summed E-state index contributed by atoms with van der Waals surface area (Å²) in [6.07, 6.45) is 4.99. The first-order chi connectivity index (χ1) is 13.1. The minimum atomic E-state index is -0.857. The molecule has 0 aliphatic carbocycles. The lowest BCUT2D eigenvalue weighted by Gasteiger charge is -2.34. The highest BCUT2D eigenvalue weighted by Crippen LogP contribution is 2.28. The highest BCUT2D eigenvalue weighted by atomic mass is 19.2. The summed E-state index contributed by atoms with van der Waals surface area (Å²) in [6, 6.07) is 3.50. The van der Waals surface area contributed by atoms with Gasteiger partial charge < -0.3 is 15.0 Å². The van der Waals surface area contributed by atoms with E-state index < -0.39 is 11.6 Å². The average molecular weight is 377 g/mol. The minimum absolute atomic E-state index is 0.00876. The first-order valence-corrected chi connectivity index (χ1v) is 9.06. The van der Waals surface area contributed by atoms with Gasteiger partial charge in [0.05, 0.1) is 31.5 Å². The van der Waals surface area contributed by atoms with Crippen LogP contribution in [-0.2, 0) is 4.74 Å². The molecule has 4 rings (SSSR count). The molecule has 2 aliphatic rings. The third-order valence-corrected chi connectivity index (χ3v) is 5.26. The molecule has 2 aromatic rings. The summed E-state index contributed by atoms with van der Waals surface area (Å²) in [6.45, 7) is 1.98. The molecule has 1 aromatic carbocycles. The highest BCUT2D eigenvalue weighted by molar-refractivity contribution is 5.75. The van der Waals surface area contributed by atoms with Crippen molar-refractivity contribution in [2.24, 2.45) is 0 Å². The van der Waals surface area contributed by atoms with E-state index in [0.29, 0.717) is 26.3 Å². The van der Waals surface area contributed by atoms with Gasteiger partial charge >= 0.3 is 6.03 Å². The fraction of sp³-hybridized carbons (Fsp3) is 0.500. The number of likely N-dealkylation sites (tertiary alicyclic amines) is 1. The number of ether oxygens (including phenoxy) is 1. The Labute approximate surface area is 155 Å². The van der Waals surface area contributed by atoms with E-state index >= 15 is 0 Å². The Morgan fingerprint density at radius 2 is 2.15 bits per heavy atom. The summed E-state index contributed by atoms with van der Waals surface area (Å²) < 4.78 is 33.9. The van der Waals surface area contributed by atoms with Crippen LogP contribution in [0, 0.1) is 11.6 Å². The maximum atomic E-state index is 13.5. The van der Waals surface area contributed by atoms with Gasteiger partial charge in [0, 0.05) is 25.2 Å². The molecule has 2 aliphatic heterocycles.